The highest BCUT2D eigenvalue weighted by Crippen LogP contribution is 2.39. The van der Waals surface area contributed by atoms with Crippen molar-refractivity contribution in [2.75, 3.05) is 21.3 Å². The molecule has 2 aromatic carbocycles. The van der Waals surface area contributed by atoms with Crippen LogP contribution in [0.15, 0.2) is 36.4 Å². The third-order valence-corrected chi connectivity index (χ3v) is 3.47. The van der Waals surface area contributed by atoms with Gasteiger partial charge in [-0.15, -0.1) is 0 Å². The molecule has 0 saturated heterocycles. The highest BCUT2D eigenvalue weighted by atomic mass is 35.5. The molecule has 0 aliphatic heterocycles. The largest absolute Gasteiger partial charge is 0.496 e. The van der Waals surface area contributed by atoms with E-state index in [1.165, 1.54) is 0 Å². The SMILES string of the molecule is COc1cc(OC)c(C(O)c2ccc(Cl)cc2)cc1OC. The molecule has 1 atom stereocenters. The van der Waals surface area contributed by atoms with E-state index in [4.69, 9.17) is 25.8 Å². The third kappa shape index (κ3) is 3.23. The van der Waals surface area contributed by atoms with Crippen LogP contribution in [0.1, 0.15) is 17.2 Å². The van der Waals surface area contributed by atoms with Gasteiger partial charge in [-0.25, -0.2) is 0 Å². The van der Waals surface area contributed by atoms with Gasteiger partial charge in [0, 0.05) is 16.7 Å². The van der Waals surface area contributed by atoms with Gasteiger partial charge < -0.3 is 19.3 Å². The van der Waals surface area contributed by atoms with E-state index in [-0.39, 0.29) is 0 Å². The highest BCUT2D eigenvalue weighted by molar-refractivity contribution is 6.30. The van der Waals surface area contributed by atoms with Gasteiger partial charge >= 0.3 is 0 Å². The molecular formula is C16H17ClO4. The van der Waals surface area contributed by atoms with Crippen LogP contribution >= 0.6 is 11.6 Å². The maximum Gasteiger partial charge on any atom is 0.164 e. The molecule has 2 rings (SSSR count). The monoisotopic (exact) mass is 308 g/mol. The van der Waals surface area contributed by atoms with E-state index < -0.39 is 6.10 Å². The molecule has 0 saturated carbocycles. The van der Waals surface area contributed by atoms with Gasteiger partial charge in [-0.05, 0) is 23.8 Å². The van der Waals surface area contributed by atoms with E-state index in [1.807, 2.05) is 0 Å². The molecule has 112 valence electrons. The molecule has 0 radical (unpaired) electrons. The topological polar surface area (TPSA) is 47.9 Å². The summed E-state index contributed by atoms with van der Waals surface area (Å²) in [4.78, 5) is 0. The Balaban J connectivity index is 2.48. The summed E-state index contributed by atoms with van der Waals surface area (Å²) in [6.45, 7) is 0. The molecule has 0 aliphatic rings. The van der Waals surface area contributed by atoms with Crippen molar-refractivity contribution in [3.63, 3.8) is 0 Å². The Labute approximate surface area is 128 Å². The Morgan fingerprint density at radius 2 is 1.38 bits per heavy atom. The lowest BCUT2D eigenvalue weighted by Gasteiger charge is -2.18. The molecule has 4 nitrogen and oxygen atoms in total. The fraction of sp³-hybridized carbons (Fsp3) is 0.250. The molecule has 1 unspecified atom stereocenters. The van der Waals surface area contributed by atoms with Crippen LogP contribution < -0.4 is 14.2 Å². The fourth-order valence-corrected chi connectivity index (χ4v) is 2.22. The van der Waals surface area contributed by atoms with Gasteiger partial charge in [-0.1, -0.05) is 23.7 Å². The van der Waals surface area contributed by atoms with E-state index in [1.54, 1.807) is 57.7 Å². The number of aliphatic hydroxyl groups excluding tert-OH is 1. The Bertz CT molecular complexity index is 610. The molecular weight excluding hydrogens is 292 g/mol. The van der Waals surface area contributed by atoms with Crippen LogP contribution in [0.2, 0.25) is 5.02 Å². The van der Waals surface area contributed by atoms with Crippen molar-refractivity contribution < 1.29 is 19.3 Å². The quantitative estimate of drug-likeness (QED) is 0.919. The van der Waals surface area contributed by atoms with Gasteiger partial charge in [0.25, 0.3) is 0 Å². The molecule has 1 N–H and O–H groups in total. The van der Waals surface area contributed by atoms with Crippen molar-refractivity contribution in [1.29, 1.82) is 0 Å². The lowest BCUT2D eigenvalue weighted by Crippen LogP contribution is -2.04. The number of rotatable bonds is 5. The smallest absolute Gasteiger partial charge is 0.164 e. The first-order valence-corrected chi connectivity index (χ1v) is 6.72. The summed E-state index contributed by atoms with van der Waals surface area (Å²) in [5.41, 5.74) is 1.31. The van der Waals surface area contributed by atoms with Crippen LogP contribution in [0.3, 0.4) is 0 Å². The molecule has 0 aromatic heterocycles. The Kier molecular flexibility index (Phi) is 4.94. The summed E-state index contributed by atoms with van der Waals surface area (Å²) in [6, 6.07) is 10.4. The van der Waals surface area contributed by atoms with Crippen molar-refractivity contribution in [2.45, 2.75) is 6.10 Å². The number of aliphatic hydroxyl groups is 1. The van der Waals surface area contributed by atoms with E-state index in [2.05, 4.69) is 0 Å². The average Bonchev–Trinajstić information content (AvgIpc) is 2.53. The minimum Gasteiger partial charge on any atom is -0.496 e. The van der Waals surface area contributed by atoms with Crippen molar-refractivity contribution in [3.05, 3.63) is 52.5 Å². The second kappa shape index (κ2) is 6.70. The first kappa shape index (κ1) is 15.5. The van der Waals surface area contributed by atoms with E-state index in [0.717, 1.165) is 0 Å². The first-order chi connectivity index (χ1) is 10.1. The molecule has 5 heteroatoms. The van der Waals surface area contributed by atoms with Crippen molar-refractivity contribution in [2.24, 2.45) is 0 Å². The zero-order valence-corrected chi connectivity index (χ0v) is 12.8. The van der Waals surface area contributed by atoms with Gasteiger partial charge in [-0.3, -0.25) is 0 Å². The van der Waals surface area contributed by atoms with Crippen molar-refractivity contribution in [1.82, 2.24) is 0 Å². The molecule has 2 aromatic rings. The van der Waals surface area contributed by atoms with E-state index in [0.29, 0.717) is 33.4 Å². The van der Waals surface area contributed by atoms with Gasteiger partial charge in [-0.2, -0.15) is 0 Å². The zero-order chi connectivity index (χ0) is 15.4. The van der Waals surface area contributed by atoms with Crippen LogP contribution in [0, 0.1) is 0 Å². The third-order valence-electron chi connectivity index (χ3n) is 3.22. The van der Waals surface area contributed by atoms with Crippen LogP contribution in [-0.2, 0) is 0 Å². The van der Waals surface area contributed by atoms with E-state index >= 15 is 0 Å². The minimum absolute atomic E-state index is 0.523. The molecule has 0 amide bonds. The molecule has 21 heavy (non-hydrogen) atoms. The van der Waals surface area contributed by atoms with E-state index in [9.17, 15) is 5.11 Å². The molecule has 0 spiro atoms. The van der Waals surface area contributed by atoms with Gasteiger partial charge in [0.1, 0.15) is 11.9 Å². The number of ether oxygens (including phenoxy) is 3. The second-order valence-corrected chi connectivity index (χ2v) is 4.84. The van der Waals surface area contributed by atoms with Crippen LogP contribution in [-0.4, -0.2) is 26.4 Å². The predicted molar refractivity (Wildman–Crippen MR) is 81.6 cm³/mol. The minimum atomic E-state index is -0.850. The summed E-state index contributed by atoms with van der Waals surface area (Å²) in [7, 11) is 4.63. The Morgan fingerprint density at radius 3 is 1.90 bits per heavy atom. The Morgan fingerprint density at radius 1 is 0.857 bits per heavy atom. The lowest BCUT2D eigenvalue weighted by molar-refractivity contribution is 0.213. The summed E-state index contributed by atoms with van der Waals surface area (Å²) in [6.07, 6.45) is -0.850. The maximum atomic E-state index is 10.6. The number of hydrogen-bond acceptors (Lipinski definition) is 4. The lowest BCUT2D eigenvalue weighted by atomic mass is 10.00. The highest BCUT2D eigenvalue weighted by Gasteiger charge is 2.19. The molecule has 0 bridgehead atoms. The molecule has 0 aliphatic carbocycles. The number of hydrogen-bond donors (Lipinski definition) is 1. The van der Waals surface area contributed by atoms with Crippen LogP contribution in [0.5, 0.6) is 17.2 Å². The fourth-order valence-electron chi connectivity index (χ4n) is 2.09. The second-order valence-electron chi connectivity index (χ2n) is 4.40. The predicted octanol–water partition coefficient (Wildman–Crippen LogP) is 3.45. The van der Waals surface area contributed by atoms with Crippen molar-refractivity contribution in [3.8, 4) is 17.2 Å². The standard InChI is InChI=1S/C16H17ClO4/c1-19-13-9-15(21-3)14(20-2)8-12(13)16(18)10-4-6-11(17)7-5-10/h4-9,16,18H,1-3H3. The summed E-state index contributed by atoms with van der Waals surface area (Å²) in [5.74, 6) is 1.60. The first-order valence-electron chi connectivity index (χ1n) is 6.34. The number of halogens is 1. The summed E-state index contributed by atoms with van der Waals surface area (Å²) in [5, 5.41) is 11.2. The summed E-state index contributed by atoms with van der Waals surface area (Å²) >= 11 is 5.87. The maximum absolute atomic E-state index is 10.6. The van der Waals surface area contributed by atoms with Gasteiger partial charge in [0.2, 0.25) is 0 Å². The van der Waals surface area contributed by atoms with Gasteiger partial charge in [0.05, 0.1) is 21.3 Å². The normalized spacial score (nSPS) is 11.9. The molecule has 0 heterocycles. The average molecular weight is 309 g/mol. The zero-order valence-electron chi connectivity index (χ0n) is 12.1. The van der Waals surface area contributed by atoms with Gasteiger partial charge in [0.15, 0.2) is 11.5 Å². The number of benzene rings is 2. The van der Waals surface area contributed by atoms with Crippen LogP contribution in [0.4, 0.5) is 0 Å². The van der Waals surface area contributed by atoms with Crippen molar-refractivity contribution >= 4 is 11.6 Å². The Hall–Kier alpha value is -1.91. The summed E-state index contributed by atoms with van der Waals surface area (Å²) < 4.78 is 15.8. The van der Waals surface area contributed by atoms with Crippen LogP contribution in [0.25, 0.3) is 0 Å². The number of methoxy groups -OCH3 is 3. The molecule has 0 fully saturated rings.